The maximum Gasteiger partial charge on any atom is 0.255 e. The summed E-state index contributed by atoms with van der Waals surface area (Å²) in [7, 11) is 0. The fraction of sp³-hybridized carbons (Fsp3) is 0.278. The van der Waals surface area contributed by atoms with Crippen molar-refractivity contribution in [3.05, 3.63) is 58.6 Å². The zero-order chi connectivity index (χ0) is 18.0. The predicted octanol–water partition coefficient (Wildman–Crippen LogP) is 3.92. The van der Waals surface area contributed by atoms with Gasteiger partial charge in [0, 0.05) is 6.54 Å². The molecule has 25 heavy (non-hydrogen) atoms. The van der Waals surface area contributed by atoms with Gasteiger partial charge in [0.15, 0.2) is 29.2 Å². The normalized spacial score (nSPS) is 15.8. The van der Waals surface area contributed by atoms with Gasteiger partial charge in [-0.15, -0.1) is 0 Å². The van der Waals surface area contributed by atoms with E-state index in [2.05, 4.69) is 0 Å². The van der Waals surface area contributed by atoms with Crippen LogP contribution in [-0.4, -0.2) is 36.6 Å². The van der Waals surface area contributed by atoms with Crippen LogP contribution >= 0.6 is 11.6 Å². The molecule has 1 aliphatic heterocycles. The highest BCUT2D eigenvalue weighted by Gasteiger charge is 2.26. The van der Waals surface area contributed by atoms with Crippen molar-refractivity contribution in [3.8, 4) is 11.5 Å². The molecule has 2 aromatic carbocycles. The minimum atomic E-state index is -1.12. The molecule has 2 aromatic rings. The first-order valence-electron chi connectivity index (χ1n) is 7.82. The van der Waals surface area contributed by atoms with E-state index >= 15 is 0 Å². The largest absolute Gasteiger partial charge is 0.486 e. The lowest BCUT2D eigenvalue weighted by atomic mass is 10.1. The van der Waals surface area contributed by atoms with Gasteiger partial charge in [-0.05, 0) is 31.2 Å². The van der Waals surface area contributed by atoms with Crippen molar-refractivity contribution in [1.29, 1.82) is 0 Å². The van der Waals surface area contributed by atoms with Gasteiger partial charge in [0.25, 0.3) is 5.91 Å². The molecule has 0 fully saturated rings. The lowest BCUT2D eigenvalue weighted by Crippen LogP contribution is -2.43. The Kier molecular flexibility index (Phi) is 5.08. The monoisotopic (exact) mass is 367 g/mol. The molecular weight excluding hydrogens is 352 g/mol. The van der Waals surface area contributed by atoms with Gasteiger partial charge in [-0.1, -0.05) is 23.7 Å². The Labute approximate surface area is 148 Å². The Balaban J connectivity index is 1.75. The average Bonchev–Trinajstić information content (AvgIpc) is 2.62. The van der Waals surface area contributed by atoms with E-state index in [0.717, 1.165) is 12.1 Å². The van der Waals surface area contributed by atoms with Gasteiger partial charge in [0.1, 0.15) is 6.61 Å². The van der Waals surface area contributed by atoms with E-state index in [1.807, 2.05) is 12.1 Å². The van der Waals surface area contributed by atoms with Gasteiger partial charge in [-0.2, -0.15) is 0 Å². The summed E-state index contributed by atoms with van der Waals surface area (Å²) in [6, 6.07) is 8.87. The molecule has 132 valence electrons. The second-order valence-electron chi connectivity index (χ2n) is 5.59. The van der Waals surface area contributed by atoms with Crippen LogP contribution in [0.4, 0.5) is 8.78 Å². The molecule has 1 unspecified atom stereocenters. The van der Waals surface area contributed by atoms with Crippen molar-refractivity contribution in [1.82, 2.24) is 4.90 Å². The molecule has 0 spiro atoms. The van der Waals surface area contributed by atoms with Crippen LogP contribution in [0.3, 0.4) is 0 Å². The number of nitrogens with zero attached hydrogens (tertiary/aromatic N) is 1. The second kappa shape index (κ2) is 7.27. The van der Waals surface area contributed by atoms with Gasteiger partial charge in [-0.25, -0.2) is 8.78 Å². The molecule has 0 radical (unpaired) electrons. The zero-order valence-corrected chi connectivity index (χ0v) is 14.2. The number of hydrogen-bond donors (Lipinski definition) is 0. The Morgan fingerprint density at radius 1 is 1.24 bits per heavy atom. The van der Waals surface area contributed by atoms with E-state index in [4.69, 9.17) is 21.1 Å². The summed E-state index contributed by atoms with van der Waals surface area (Å²) in [5.41, 5.74) is -0.0838. The number of fused-ring (bicyclic) bond motifs is 1. The molecule has 0 aromatic heterocycles. The Morgan fingerprint density at radius 2 is 1.92 bits per heavy atom. The third-order valence-electron chi connectivity index (χ3n) is 3.90. The SMILES string of the molecule is CCN(CC1COc2ccccc2O1)C(=O)c1cc(F)c(F)cc1Cl. The maximum absolute atomic E-state index is 13.5. The van der Waals surface area contributed by atoms with Gasteiger partial charge < -0.3 is 14.4 Å². The fourth-order valence-electron chi connectivity index (χ4n) is 2.61. The van der Waals surface area contributed by atoms with Crippen molar-refractivity contribution in [2.75, 3.05) is 19.7 Å². The van der Waals surface area contributed by atoms with Crippen LogP contribution in [0, 0.1) is 11.6 Å². The number of carbonyl (C=O) groups is 1. The quantitative estimate of drug-likeness (QED) is 0.769. The molecule has 0 aliphatic carbocycles. The van der Waals surface area contributed by atoms with Crippen molar-refractivity contribution in [3.63, 3.8) is 0 Å². The minimum Gasteiger partial charge on any atom is -0.486 e. The third-order valence-corrected chi connectivity index (χ3v) is 4.21. The van der Waals surface area contributed by atoms with Crippen LogP contribution in [0.5, 0.6) is 11.5 Å². The molecule has 1 aliphatic rings. The summed E-state index contributed by atoms with van der Waals surface area (Å²) in [6.07, 6.45) is -0.372. The number of rotatable bonds is 4. The Morgan fingerprint density at radius 3 is 2.64 bits per heavy atom. The molecule has 4 nitrogen and oxygen atoms in total. The highest BCUT2D eigenvalue weighted by molar-refractivity contribution is 6.33. The smallest absolute Gasteiger partial charge is 0.255 e. The summed E-state index contributed by atoms with van der Waals surface area (Å²) >= 11 is 5.90. The molecular formula is C18H16ClF2NO3. The summed E-state index contributed by atoms with van der Waals surface area (Å²) in [4.78, 5) is 14.1. The van der Waals surface area contributed by atoms with E-state index in [-0.39, 0.29) is 29.8 Å². The van der Waals surface area contributed by atoms with Crippen molar-refractivity contribution in [2.24, 2.45) is 0 Å². The summed E-state index contributed by atoms with van der Waals surface area (Å²) in [5.74, 6) is -1.45. The lowest BCUT2D eigenvalue weighted by Gasteiger charge is -2.31. The Hall–Kier alpha value is -2.34. The summed E-state index contributed by atoms with van der Waals surface area (Å²) in [5, 5.41) is -0.131. The van der Waals surface area contributed by atoms with Crippen LogP contribution in [0.1, 0.15) is 17.3 Å². The van der Waals surface area contributed by atoms with Gasteiger partial charge in [0.05, 0.1) is 17.1 Å². The van der Waals surface area contributed by atoms with Gasteiger partial charge in [0.2, 0.25) is 0 Å². The summed E-state index contributed by atoms with van der Waals surface area (Å²) < 4.78 is 38.1. The Bertz CT molecular complexity index is 800. The minimum absolute atomic E-state index is 0.0838. The topological polar surface area (TPSA) is 38.8 Å². The van der Waals surface area contributed by atoms with Crippen molar-refractivity contribution >= 4 is 17.5 Å². The standard InChI is InChI=1S/C18H16ClF2NO3/c1-2-22(18(23)12-7-14(20)15(21)8-13(12)19)9-11-10-24-16-5-3-4-6-17(16)25-11/h3-8,11H,2,9-10H2,1H3. The van der Waals surface area contributed by atoms with Crippen molar-refractivity contribution < 1.29 is 23.0 Å². The van der Waals surface area contributed by atoms with Crippen molar-refractivity contribution in [2.45, 2.75) is 13.0 Å². The van der Waals surface area contributed by atoms with Crippen LogP contribution in [0.15, 0.2) is 36.4 Å². The van der Waals surface area contributed by atoms with E-state index < -0.39 is 17.5 Å². The number of benzene rings is 2. The van der Waals surface area contributed by atoms with Gasteiger partial charge in [-0.3, -0.25) is 4.79 Å². The number of ether oxygens (including phenoxy) is 2. The molecule has 0 bridgehead atoms. The van der Waals surface area contributed by atoms with Crippen LogP contribution in [0.2, 0.25) is 5.02 Å². The lowest BCUT2D eigenvalue weighted by molar-refractivity contribution is 0.0474. The number of halogens is 3. The molecule has 0 saturated heterocycles. The van der Waals surface area contributed by atoms with E-state index in [1.165, 1.54) is 4.90 Å². The molecule has 1 heterocycles. The third kappa shape index (κ3) is 3.69. The molecule has 1 atom stereocenters. The zero-order valence-electron chi connectivity index (χ0n) is 13.5. The highest BCUT2D eigenvalue weighted by Crippen LogP contribution is 2.31. The van der Waals surface area contributed by atoms with Gasteiger partial charge >= 0.3 is 0 Å². The van der Waals surface area contributed by atoms with Crippen LogP contribution in [0.25, 0.3) is 0 Å². The van der Waals surface area contributed by atoms with E-state index in [9.17, 15) is 13.6 Å². The average molecular weight is 368 g/mol. The predicted molar refractivity (Wildman–Crippen MR) is 89.3 cm³/mol. The number of carbonyl (C=O) groups excluding carboxylic acids is 1. The van der Waals surface area contributed by atoms with E-state index in [0.29, 0.717) is 18.0 Å². The number of hydrogen-bond acceptors (Lipinski definition) is 3. The maximum atomic E-state index is 13.5. The molecule has 7 heteroatoms. The first-order chi connectivity index (χ1) is 12.0. The fourth-order valence-corrected chi connectivity index (χ4v) is 2.84. The first-order valence-corrected chi connectivity index (χ1v) is 8.19. The van der Waals surface area contributed by atoms with E-state index in [1.54, 1.807) is 19.1 Å². The molecule has 0 N–H and O–H groups in total. The van der Waals surface area contributed by atoms with Crippen LogP contribution in [-0.2, 0) is 0 Å². The summed E-state index contributed by atoms with van der Waals surface area (Å²) in [6.45, 7) is 2.66. The number of likely N-dealkylation sites (N-methyl/N-ethyl adjacent to an activating group) is 1. The molecule has 1 amide bonds. The second-order valence-corrected chi connectivity index (χ2v) is 5.99. The number of para-hydroxylation sites is 2. The number of amides is 1. The first kappa shape index (κ1) is 17.5. The molecule has 3 rings (SSSR count). The molecule has 0 saturated carbocycles. The van der Waals surface area contributed by atoms with Crippen LogP contribution < -0.4 is 9.47 Å². The highest BCUT2D eigenvalue weighted by atomic mass is 35.5.